The first kappa shape index (κ1) is 19.4. The number of hydrogen-bond donors (Lipinski definition) is 2. The summed E-state index contributed by atoms with van der Waals surface area (Å²) in [5.74, 6) is -0.327. The van der Waals surface area contributed by atoms with E-state index in [0.29, 0.717) is 38.5 Å². The molecule has 2 fully saturated rings. The van der Waals surface area contributed by atoms with Crippen molar-refractivity contribution < 1.29 is 14.3 Å². The number of likely N-dealkylation sites (tertiary alicyclic amines) is 1. The fraction of sp³-hybridized carbons (Fsp3) is 0.409. The van der Waals surface area contributed by atoms with E-state index in [2.05, 4.69) is 15.6 Å². The number of rotatable bonds is 4. The van der Waals surface area contributed by atoms with Crippen LogP contribution in [-0.2, 0) is 16.1 Å². The Morgan fingerprint density at radius 3 is 2.66 bits per heavy atom. The normalized spacial score (nSPS) is 20.4. The second-order valence-electron chi connectivity index (χ2n) is 7.78. The molecule has 152 valence electrons. The van der Waals surface area contributed by atoms with Gasteiger partial charge in [-0.2, -0.15) is 0 Å². The number of anilines is 1. The Balaban J connectivity index is 1.45. The molecule has 0 aliphatic carbocycles. The van der Waals surface area contributed by atoms with E-state index < -0.39 is 0 Å². The zero-order chi connectivity index (χ0) is 20.1. The third-order valence-electron chi connectivity index (χ3n) is 5.96. The minimum Gasteiger partial charge on any atom is -0.381 e. The van der Waals surface area contributed by atoms with Crippen LogP contribution in [0, 0.1) is 11.3 Å². The van der Waals surface area contributed by atoms with Crippen LogP contribution in [-0.4, -0.2) is 48.1 Å². The van der Waals surface area contributed by atoms with Crippen molar-refractivity contribution in [1.82, 2.24) is 15.2 Å². The number of urea groups is 1. The van der Waals surface area contributed by atoms with E-state index in [-0.39, 0.29) is 23.3 Å². The molecule has 0 saturated carbocycles. The Morgan fingerprint density at radius 2 is 1.93 bits per heavy atom. The lowest BCUT2D eigenvalue weighted by Crippen LogP contribution is -2.42. The maximum atomic E-state index is 13.1. The third-order valence-corrected chi connectivity index (χ3v) is 5.96. The standard InChI is InChI=1S/C22H26N4O3/c27-20(25-18-7-4-10-23-14-18)19-15-26(16-22(19)8-11-29-12-9-22)21(28)24-13-17-5-2-1-3-6-17/h1-7,10,14,19H,8-9,11-13,15-16H2,(H,24,28)(H,25,27)/t19-/m0/s1. The van der Waals surface area contributed by atoms with E-state index in [1.807, 2.05) is 36.4 Å². The lowest BCUT2D eigenvalue weighted by atomic mass is 9.71. The van der Waals surface area contributed by atoms with Gasteiger partial charge in [-0.1, -0.05) is 30.3 Å². The number of benzene rings is 1. The highest BCUT2D eigenvalue weighted by molar-refractivity contribution is 5.94. The van der Waals surface area contributed by atoms with Gasteiger partial charge in [0.2, 0.25) is 5.91 Å². The molecule has 2 N–H and O–H groups in total. The van der Waals surface area contributed by atoms with Crippen LogP contribution in [0.5, 0.6) is 0 Å². The minimum absolute atomic E-state index is 0.0572. The fourth-order valence-corrected chi connectivity index (χ4v) is 4.32. The summed E-state index contributed by atoms with van der Waals surface area (Å²) in [5.41, 5.74) is 1.48. The molecule has 29 heavy (non-hydrogen) atoms. The number of amides is 3. The first-order chi connectivity index (χ1) is 14.2. The largest absolute Gasteiger partial charge is 0.381 e. The van der Waals surface area contributed by atoms with Crippen LogP contribution in [0.4, 0.5) is 10.5 Å². The molecular weight excluding hydrogens is 368 g/mol. The number of aromatic nitrogens is 1. The van der Waals surface area contributed by atoms with Crippen LogP contribution in [0.15, 0.2) is 54.9 Å². The van der Waals surface area contributed by atoms with E-state index in [9.17, 15) is 9.59 Å². The average molecular weight is 394 g/mol. The molecule has 1 spiro atoms. The summed E-state index contributed by atoms with van der Waals surface area (Å²) in [6, 6.07) is 13.3. The Morgan fingerprint density at radius 1 is 1.14 bits per heavy atom. The Kier molecular flexibility index (Phi) is 5.76. The highest BCUT2D eigenvalue weighted by atomic mass is 16.5. The molecule has 2 aliphatic rings. The number of ether oxygens (including phenoxy) is 1. The van der Waals surface area contributed by atoms with Gasteiger partial charge in [0.05, 0.1) is 17.8 Å². The van der Waals surface area contributed by atoms with Gasteiger partial charge in [0.1, 0.15) is 0 Å². The second kappa shape index (κ2) is 8.61. The van der Waals surface area contributed by atoms with Crippen molar-refractivity contribution in [3.63, 3.8) is 0 Å². The molecule has 0 unspecified atom stereocenters. The molecule has 0 radical (unpaired) electrons. The minimum atomic E-state index is -0.269. The SMILES string of the molecule is O=C(Nc1cccnc1)[C@@H]1CN(C(=O)NCc2ccccc2)CC12CCOCC2. The molecule has 1 atom stereocenters. The molecule has 2 aliphatic heterocycles. The number of carbonyl (C=O) groups excluding carboxylic acids is 2. The van der Waals surface area contributed by atoms with Crippen molar-refractivity contribution in [2.24, 2.45) is 11.3 Å². The monoisotopic (exact) mass is 394 g/mol. The van der Waals surface area contributed by atoms with Crippen molar-refractivity contribution in [3.8, 4) is 0 Å². The highest BCUT2D eigenvalue weighted by Gasteiger charge is 2.51. The Bertz CT molecular complexity index is 838. The lowest BCUT2D eigenvalue weighted by molar-refractivity contribution is -0.124. The van der Waals surface area contributed by atoms with Crippen LogP contribution in [0.3, 0.4) is 0 Å². The molecule has 1 aromatic heterocycles. The first-order valence-electron chi connectivity index (χ1n) is 10.0. The predicted octanol–water partition coefficient (Wildman–Crippen LogP) is 2.66. The number of nitrogens with one attached hydrogen (secondary N) is 2. The average Bonchev–Trinajstić information content (AvgIpc) is 3.13. The molecule has 2 aromatic rings. The van der Waals surface area contributed by atoms with Gasteiger partial charge in [0.15, 0.2) is 0 Å². The van der Waals surface area contributed by atoms with Gasteiger partial charge in [-0.3, -0.25) is 9.78 Å². The summed E-state index contributed by atoms with van der Waals surface area (Å²) < 4.78 is 5.54. The topological polar surface area (TPSA) is 83.6 Å². The summed E-state index contributed by atoms with van der Waals surface area (Å²) in [5, 5.41) is 5.96. The molecule has 1 aromatic carbocycles. The van der Waals surface area contributed by atoms with E-state index in [4.69, 9.17) is 4.74 Å². The fourth-order valence-electron chi connectivity index (χ4n) is 4.32. The van der Waals surface area contributed by atoms with Crippen LogP contribution in [0.25, 0.3) is 0 Å². The predicted molar refractivity (Wildman–Crippen MR) is 109 cm³/mol. The quantitative estimate of drug-likeness (QED) is 0.835. The van der Waals surface area contributed by atoms with Crippen LogP contribution >= 0.6 is 0 Å². The van der Waals surface area contributed by atoms with Crippen molar-refractivity contribution in [2.75, 3.05) is 31.6 Å². The maximum Gasteiger partial charge on any atom is 0.317 e. The van der Waals surface area contributed by atoms with Crippen molar-refractivity contribution >= 4 is 17.6 Å². The zero-order valence-corrected chi connectivity index (χ0v) is 16.3. The van der Waals surface area contributed by atoms with Crippen molar-refractivity contribution in [3.05, 3.63) is 60.4 Å². The summed E-state index contributed by atoms with van der Waals surface area (Å²) in [6.07, 6.45) is 4.86. The van der Waals surface area contributed by atoms with Gasteiger partial charge < -0.3 is 20.3 Å². The van der Waals surface area contributed by atoms with Gasteiger partial charge in [-0.15, -0.1) is 0 Å². The van der Waals surface area contributed by atoms with Crippen LogP contribution in [0.1, 0.15) is 18.4 Å². The molecular formula is C22H26N4O3. The summed E-state index contributed by atoms with van der Waals surface area (Å²) in [6.45, 7) is 2.69. The van der Waals surface area contributed by atoms with Gasteiger partial charge in [0, 0.05) is 44.5 Å². The van der Waals surface area contributed by atoms with E-state index in [0.717, 1.165) is 18.4 Å². The van der Waals surface area contributed by atoms with Crippen LogP contribution in [0.2, 0.25) is 0 Å². The van der Waals surface area contributed by atoms with E-state index in [1.165, 1.54) is 0 Å². The van der Waals surface area contributed by atoms with Gasteiger partial charge >= 0.3 is 6.03 Å². The highest BCUT2D eigenvalue weighted by Crippen LogP contribution is 2.44. The second-order valence-corrected chi connectivity index (χ2v) is 7.78. The van der Waals surface area contributed by atoms with Gasteiger partial charge in [-0.05, 0) is 30.5 Å². The molecule has 4 rings (SSSR count). The molecule has 7 heteroatoms. The number of nitrogens with zero attached hydrogens (tertiary/aromatic N) is 2. The van der Waals surface area contributed by atoms with Crippen LogP contribution < -0.4 is 10.6 Å². The van der Waals surface area contributed by atoms with Crippen molar-refractivity contribution in [2.45, 2.75) is 19.4 Å². The zero-order valence-electron chi connectivity index (χ0n) is 16.3. The summed E-state index contributed by atoms with van der Waals surface area (Å²) >= 11 is 0. The first-order valence-corrected chi connectivity index (χ1v) is 10.0. The van der Waals surface area contributed by atoms with E-state index >= 15 is 0 Å². The Labute approximate surface area is 170 Å². The third kappa shape index (κ3) is 4.40. The molecule has 3 amide bonds. The Hall–Kier alpha value is -2.93. The van der Waals surface area contributed by atoms with Gasteiger partial charge in [0.25, 0.3) is 0 Å². The number of hydrogen-bond acceptors (Lipinski definition) is 4. The smallest absolute Gasteiger partial charge is 0.317 e. The lowest BCUT2D eigenvalue weighted by Gasteiger charge is -2.37. The molecule has 7 nitrogen and oxygen atoms in total. The molecule has 2 saturated heterocycles. The summed E-state index contributed by atoms with van der Waals surface area (Å²) in [4.78, 5) is 31.7. The van der Waals surface area contributed by atoms with E-state index in [1.54, 1.807) is 23.4 Å². The number of carbonyl (C=O) groups is 2. The number of pyridine rings is 1. The van der Waals surface area contributed by atoms with Crippen molar-refractivity contribution in [1.29, 1.82) is 0 Å². The molecule has 3 heterocycles. The maximum absolute atomic E-state index is 13.1. The summed E-state index contributed by atoms with van der Waals surface area (Å²) in [7, 11) is 0. The van der Waals surface area contributed by atoms with Gasteiger partial charge in [-0.25, -0.2) is 4.79 Å². The molecule has 0 bridgehead atoms.